The molecule has 0 spiro atoms. The van der Waals surface area contributed by atoms with E-state index in [2.05, 4.69) is 19.2 Å². The SMILES string of the molecule is CN(C)c1snnc1SSc1nnsc1N(C)C. The zero-order valence-electron chi connectivity index (χ0n) is 10.3. The van der Waals surface area contributed by atoms with Gasteiger partial charge in [0.1, 0.15) is 10.0 Å². The fourth-order valence-electron chi connectivity index (χ4n) is 1.09. The van der Waals surface area contributed by atoms with Gasteiger partial charge in [0, 0.05) is 51.3 Å². The van der Waals surface area contributed by atoms with Crippen LogP contribution >= 0.6 is 44.7 Å². The van der Waals surface area contributed by atoms with Crippen molar-refractivity contribution >= 4 is 54.7 Å². The normalized spacial score (nSPS) is 10.7. The Bertz CT molecular complexity index is 461. The minimum absolute atomic E-state index is 0.910. The van der Waals surface area contributed by atoms with Crippen LogP contribution in [0.4, 0.5) is 10.0 Å². The summed E-state index contributed by atoms with van der Waals surface area (Å²) >= 11 is 2.78. The number of rotatable bonds is 5. The van der Waals surface area contributed by atoms with E-state index < -0.39 is 0 Å². The summed E-state index contributed by atoms with van der Waals surface area (Å²) < 4.78 is 7.95. The van der Waals surface area contributed by atoms with Gasteiger partial charge in [-0.3, -0.25) is 0 Å². The smallest absolute Gasteiger partial charge is 0.166 e. The van der Waals surface area contributed by atoms with Crippen LogP contribution in [0.25, 0.3) is 0 Å². The van der Waals surface area contributed by atoms with Crippen LogP contribution in [0.5, 0.6) is 0 Å². The van der Waals surface area contributed by atoms with E-state index in [4.69, 9.17) is 0 Å². The highest BCUT2D eigenvalue weighted by Gasteiger charge is 2.15. The average molecular weight is 320 g/mol. The van der Waals surface area contributed by atoms with Crippen molar-refractivity contribution in [2.24, 2.45) is 0 Å². The summed E-state index contributed by atoms with van der Waals surface area (Å²) in [6.45, 7) is 0. The molecule has 18 heavy (non-hydrogen) atoms. The van der Waals surface area contributed by atoms with E-state index in [0.717, 1.165) is 20.1 Å². The summed E-state index contributed by atoms with van der Waals surface area (Å²) in [6, 6.07) is 0. The lowest BCUT2D eigenvalue weighted by Crippen LogP contribution is -2.07. The second-order valence-electron chi connectivity index (χ2n) is 3.72. The highest BCUT2D eigenvalue weighted by atomic mass is 33.1. The summed E-state index contributed by atoms with van der Waals surface area (Å²) in [6.07, 6.45) is 0. The van der Waals surface area contributed by atoms with Gasteiger partial charge in [0.15, 0.2) is 10.1 Å². The van der Waals surface area contributed by atoms with Crippen molar-refractivity contribution in [1.82, 2.24) is 19.2 Å². The Morgan fingerprint density at radius 1 is 0.778 bits per heavy atom. The number of anilines is 2. The third kappa shape index (κ3) is 3.05. The van der Waals surface area contributed by atoms with E-state index in [0.29, 0.717) is 0 Å². The van der Waals surface area contributed by atoms with Crippen LogP contribution in [0.3, 0.4) is 0 Å². The van der Waals surface area contributed by atoms with Gasteiger partial charge in [-0.1, -0.05) is 8.98 Å². The Balaban J connectivity index is 2.07. The van der Waals surface area contributed by atoms with Gasteiger partial charge in [-0.05, 0) is 21.6 Å². The van der Waals surface area contributed by atoms with E-state index in [9.17, 15) is 0 Å². The molecule has 0 aromatic carbocycles. The van der Waals surface area contributed by atoms with Crippen molar-refractivity contribution in [3.05, 3.63) is 0 Å². The molecule has 0 radical (unpaired) electrons. The summed E-state index contributed by atoms with van der Waals surface area (Å²) in [5.41, 5.74) is 0. The lowest BCUT2D eigenvalue weighted by molar-refractivity contribution is 1.01. The lowest BCUT2D eigenvalue weighted by Gasteiger charge is -2.10. The summed E-state index contributed by atoms with van der Waals surface area (Å²) in [5, 5.41) is 12.2. The maximum absolute atomic E-state index is 4.12. The largest absolute Gasteiger partial charge is 0.366 e. The quantitative estimate of drug-likeness (QED) is 0.778. The number of hydrogen-bond donors (Lipinski definition) is 0. The van der Waals surface area contributed by atoms with E-state index in [1.165, 1.54) is 23.1 Å². The maximum atomic E-state index is 4.12. The van der Waals surface area contributed by atoms with Crippen molar-refractivity contribution in [3.8, 4) is 0 Å². The van der Waals surface area contributed by atoms with Gasteiger partial charge in [-0.2, -0.15) is 0 Å². The average Bonchev–Trinajstić information content (AvgIpc) is 2.94. The molecule has 0 unspecified atom stereocenters. The van der Waals surface area contributed by atoms with Gasteiger partial charge in [0.25, 0.3) is 0 Å². The monoisotopic (exact) mass is 320 g/mol. The minimum atomic E-state index is 0.910. The standard InChI is InChI=1S/C8H12N6S4/c1-13(2)7-5(9-11-15-7)17-18-6-8(14(3)4)16-12-10-6/h1-4H3. The van der Waals surface area contributed by atoms with Crippen LogP contribution in [0.15, 0.2) is 10.1 Å². The van der Waals surface area contributed by atoms with Crippen LogP contribution < -0.4 is 9.80 Å². The van der Waals surface area contributed by atoms with E-state index >= 15 is 0 Å². The first-order valence-electron chi connectivity index (χ1n) is 4.93. The zero-order chi connectivity index (χ0) is 13.1. The van der Waals surface area contributed by atoms with Crippen LogP contribution in [-0.4, -0.2) is 47.4 Å². The van der Waals surface area contributed by atoms with Crippen LogP contribution in [0, 0.1) is 0 Å². The van der Waals surface area contributed by atoms with E-state index in [1.54, 1.807) is 21.6 Å². The lowest BCUT2D eigenvalue weighted by atomic mass is 10.7. The Kier molecular flexibility index (Phi) is 4.65. The van der Waals surface area contributed by atoms with Crippen molar-refractivity contribution < 1.29 is 0 Å². The van der Waals surface area contributed by atoms with Gasteiger partial charge in [0.05, 0.1) is 0 Å². The summed E-state index contributed by atoms with van der Waals surface area (Å²) in [7, 11) is 11.1. The van der Waals surface area contributed by atoms with Crippen molar-refractivity contribution in [3.63, 3.8) is 0 Å². The predicted octanol–water partition coefficient (Wildman–Crippen LogP) is 2.32. The van der Waals surface area contributed by atoms with Crippen LogP contribution in [0.2, 0.25) is 0 Å². The Labute approximate surface area is 121 Å². The van der Waals surface area contributed by atoms with Gasteiger partial charge in [-0.25, -0.2) is 0 Å². The molecule has 0 aliphatic rings. The Hall–Kier alpha value is -0.580. The van der Waals surface area contributed by atoms with E-state index in [1.807, 2.05) is 38.0 Å². The maximum Gasteiger partial charge on any atom is 0.166 e. The molecule has 0 fully saturated rings. The molecule has 0 amide bonds. The number of aromatic nitrogens is 4. The summed E-state index contributed by atoms with van der Waals surface area (Å²) in [4.78, 5) is 4.03. The minimum Gasteiger partial charge on any atom is -0.366 e. The van der Waals surface area contributed by atoms with E-state index in [-0.39, 0.29) is 0 Å². The molecule has 0 atom stereocenters. The molecule has 0 aliphatic heterocycles. The zero-order valence-corrected chi connectivity index (χ0v) is 13.6. The molecule has 0 aliphatic carbocycles. The van der Waals surface area contributed by atoms with Crippen molar-refractivity contribution in [2.75, 3.05) is 38.0 Å². The molecule has 2 heterocycles. The molecule has 0 N–H and O–H groups in total. The molecule has 98 valence electrons. The molecule has 2 rings (SSSR count). The van der Waals surface area contributed by atoms with Gasteiger partial charge in [0.2, 0.25) is 0 Å². The van der Waals surface area contributed by atoms with Gasteiger partial charge >= 0.3 is 0 Å². The molecule has 2 aromatic rings. The van der Waals surface area contributed by atoms with Gasteiger partial charge in [-0.15, -0.1) is 10.2 Å². The van der Waals surface area contributed by atoms with Crippen LogP contribution in [0.1, 0.15) is 0 Å². The fraction of sp³-hybridized carbons (Fsp3) is 0.500. The highest BCUT2D eigenvalue weighted by Crippen LogP contribution is 2.44. The van der Waals surface area contributed by atoms with Crippen molar-refractivity contribution in [1.29, 1.82) is 0 Å². The van der Waals surface area contributed by atoms with Crippen molar-refractivity contribution in [2.45, 2.75) is 10.1 Å². The topological polar surface area (TPSA) is 58.0 Å². The second-order valence-corrected chi connectivity index (χ2v) is 7.29. The van der Waals surface area contributed by atoms with Crippen LogP contribution in [-0.2, 0) is 0 Å². The first kappa shape index (κ1) is 13.8. The molecule has 6 nitrogen and oxygen atoms in total. The second kappa shape index (κ2) is 6.04. The first-order chi connectivity index (χ1) is 8.59. The molecule has 0 saturated heterocycles. The fourth-order valence-corrected chi connectivity index (χ4v) is 4.90. The molecule has 2 aromatic heterocycles. The third-order valence-electron chi connectivity index (χ3n) is 1.90. The Morgan fingerprint density at radius 2 is 1.17 bits per heavy atom. The predicted molar refractivity (Wildman–Crippen MR) is 80.2 cm³/mol. The summed E-state index contributed by atoms with van der Waals surface area (Å²) in [5.74, 6) is 0. The Morgan fingerprint density at radius 3 is 1.50 bits per heavy atom. The molecular formula is C8H12N6S4. The number of hydrogen-bond acceptors (Lipinski definition) is 10. The highest BCUT2D eigenvalue weighted by molar-refractivity contribution is 8.76. The molecule has 0 bridgehead atoms. The molecule has 0 saturated carbocycles. The number of nitrogens with zero attached hydrogens (tertiary/aromatic N) is 6. The molecule has 10 heteroatoms. The first-order valence-corrected chi connectivity index (χ1v) is 8.63. The third-order valence-corrected chi connectivity index (χ3v) is 6.09. The van der Waals surface area contributed by atoms with Gasteiger partial charge < -0.3 is 9.80 Å². The molecular weight excluding hydrogens is 308 g/mol.